The zero-order chi connectivity index (χ0) is 20.5. The predicted molar refractivity (Wildman–Crippen MR) is 116 cm³/mol. The van der Waals surface area contributed by atoms with Crippen LogP contribution in [0.1, 0.15) is 24.2 Å². The van der Waals surface area contributed by atoms with Gasteiger partial charge in [0.25, 0.3) is 0 Å². The third-order valence-corrected chi connectivity index (χ3v) is 4.58. The number of nitrogens with one attached hydrogen (secondary N) is 2. The average Bonchev–Trinajstić information content (AvgIpc) is 2.68. The molecule has 0 aliphatic rings. The van der Waals surface area contributed by atoms with E-state index in [4.69, 9.17) is 28.6 Å². The van der Waals surface area contributed by atoms with Crippen LogP contribution in [0.3, 0.4) is 0 Å². The van der Waals surface area contributed by atoms with Gasteiger partial charge in [-0.15, -0.1) is 0 Å². The molecule has 0 radical (unpaired) electrons. The van der Waals surface area contributed by atoms with Gasteiger partial charge < -0.3 is 20.3 Å². The number of hydrogen-bond acceptors (Lipinski definition) is 4. The minimum atomic E-state index is -0.495. The molecule has 5 nitrogen and oxygen atoms in total. The molecule has 0 atom stereocenters. The van der Waals surface area contributed by atoms with Gasteiger partial charge in [-0.25, -0.2) is 9.18 Å². The first-order valence-corrected chi connectivity index (χ1v) is 9.74. The molecule has 0 amide bonds. The SMILES string of the molecule is CCN(CC)CCOC(=O)c1ccc(NC(=S)Nc2ccc(F)c(Cl)c2)cc1. The van der Waals surface area contributed by atoms with Crippen molar-refractivity contribution in [3.63, 3.8) is 0 Å². The monoisotopic (exact) mass is 423 g/mol. The number of hydrogen-bond donors (Lipinski definition) is 2. The molecule has 2 aromatic rings. The van der Waals surface area contributed by atoms with E-state index in [0.717, 1.165) is 13.1 Å². The number of carbonyl (C=O) groups excluding carboxylic acids is 1. The topological polar surface area (TPSA) is 53.6 Å². The van der Waals surface area contributed by atoms with E-state index in [1.807, 2.05) is 0 Å². The summed E-state index contributed by atoms with van der Waals surface area (Å²) < 4.78 is 18.5. The van der Waals surface area contributed by atoms with Gasteiger partial charge in [0.05, 0.1) is 10.6 Å². The van der Waals surface area contributed by atoms with Crippen LogP contribution in [0.25, 0.3) is 0 Å². The van der Waals surface area contributed by atoms with Crippen LogP contribution >= 0.6 is 23.8 Å². The first-order chi connectivity index (χ1) is 13.4. The Balaban J connectivity index is 1.85. The second kappa shape index (κ2) is 10.9. The van der Waals surface area contributed by atoms with Crippen molar-refractivity contribution in [1.82, 2.24) is 4.90 Å². The Morgan fingerprint density at radius 3 is 2.32 bits per heavy atom. The molecule has 2 aromatic carbocycles. The van der Waals surface area contributed by atoms with Crippen LogP contribution in [0, 0.1) is 5.82 Å². The Hall–Kier alpha value is -2.22. The van der Waals surface area contributed by atoms with Crippen LogP contribution in [-0.4, -0.2) is 42.2 Å². The molecule has 0 bridgehead atoms. The van der Waals surface area contributed by atoms with Crippen LogP contribution in [0.5, 0.6) is 0 Å². The molecular weight excluding hydrogens is 401 g/mol. The first kappa shape index (κ1) is 22.1. The van der Waals surface area contributed by atoms with Crippen molar-refractivity contribution in [2.24, 2.45) is 0 Å². The molecule has 0 aliphatic carbocycles. The van der Waals surface area contributed by atoms with Crippen molar-refractivity contribution < 1.29 is 13.9 Å². The maximum Gasteiger partial charge on any atom is 0.338 e. The van der Waals surface area contributed by atoms with Gasteiger partial charge in [0, 0.05) is 17.9 Å². The maximum absolute atomic E-state index is 13.2. The highest BCUT2D eigenvalue weighted by Crippen LogP contribution is 2.19. The minimum absolute atomic E-state index is 0.0108. The number of benzene rings is 2. The summed E-state index contributed by atoms with van der Waals surface area (Å²) in [6, 6.07) is 11.0. The van der Waals surface area contributed by atoms with Gasteiger partial charge >= 0.3 is 5.97 Å². The molecule has 0 saturated heterocycles. The number of anilines is 2. The first-order valence-electron chi connectivity index (χ1n) is 8.95. The number of nitrogens with zero attached hydrogens (tertiary/aromatic N) is 1. The molecule has 2 N–H and O–H groups in total. The van der Waals surface area contributed by atoms with Crippen molar-refractivity contribution >= 4 is 46.3 Å². The lowest BCUT2D eigenvalue weighted by Gasteiger charge is -2.17. The van der Waals surface area contributed by atoms with Gasteiger partial charge in [0.1, 0.15) is 12.4 Å². The van der Waals surface area contributed by atoms with E-state index in [2.05, 4.69) is 29.4 Å². The largest absolute Gasteiger partial charge is 0.461 e. The highest BCUT2D eigenvalue weighted by molar-refractivity contribution is 7.80. The van der Waals surface area contributed by atoms with Gasteiger partial charge in [-0.1, -0.05) is 25.4 Å². The molecule has 150 valence electrons. The lowest BCUT2D eigenvalue weighted by Crippen LogP contribution is -2.27. The predicted octanol–water partition coefficient (Wildman–Crippen LogP) is 4.79. The highest BCUT2D eigenvalue weighted by atomic mass is 35.5. The van der Waals surface area contributed by atoms with E-state index in [-0.39, 0.29) is 11.0 Å². The molecule has 0 aromatic heterocycles. The maximum atomic E-state index is 13.2. The van der Waals surface area contributed by atoms with E-state index in [1.165, 1.54) is 18.2 Å². The van der Waals surface area contributed by atoms with Crippen molar-refractivity contribution in [2.75, 3.05) is 36.9 Å². The van der Waals surface area contributed by atoms with Gasteiger partial charge in [-0.2, -0.15) is 0 Å². The Labute approximate surface area is 174 Å². The number of ether oxygens (including phenoxy) is 1. The van der Waals surface area contributed by atoms with E-state index in [1.54, 1.807) is 24.3 Å². The zero-order valence-electron chi connectivity index (χ0n) is 15.8. The number of halogens is 2. The van der Waals surface area contributed by atoms with E-state index >= 15 is 0 Å². The molecule has 0 aliphatic heterocycles. The number of rotatable bonds is 8. The van der Waals surface area contributed by atoms with E-state index < -0.39 is 5.82 Å². The van der Waals surface area contributed by atoms with E-state index in [9.17, 15) is 9.18 Å². The summed E-state index contributed by atoms with van der Waals surface area (Å²) in [6.45, 7) is 7.06. The molecule has 0 spiro atoms. The summed E-state index contributed by atoms with van der Waals surface area (Å²) in [5, 5.41) is 6.23. The summed E-state index contributed by atoms with van der Waals surface area (Å²) in [5.41, 5.74) is 1.73. The molecule has 28 heavy (non-hydrogen) atoms. The van der Waals surface area contributed by atoms with Crippen molar-refractivity contribution in [2.45, 2.75) is 13.8 Å². The van der Waals surface area contributed by atoms with Crippen LogP contribution in [0.15, 0.2) is 42.5 Å². The smallest absolute Gasteiger partial charge is 0.338 e. The zero-order valence-corrected chi connectivity index (χ0v) is 17.4. The van der Waals surface area contributed by atoms with Gasteiger partial charge in [-0.05, 0) is 67.8 Å². The number of carbonyl (C=O) groups is 1. The van der Waals surface area contributed by atoms with Crippen LogP contribution < -0.4 is 10.6 Å². The molecule has 0 saturated carbocycles. The fraction of sp³-hybridized carbons (Fsp3) is 0.300. The van der Waals surface area contributed by atoms with E-state index in [0.29, 0.717) is 35.2 Å². The van der Waals surface area contributed by atoms with Crippen LogP contribution in [0.4, 0.5) is 15.8 Å². The standard InChI is InChI=1S/C20H23ClFN3O2S/c1-3-25(4-2)11-12-27-19(26)14-5-7-15(8-6-14)23-20(28)24-16-9-10-18(22)17(21)13-16/h5-10,13H,3-4,11-12H2,1-2H3,(H2,23,24,28). The van der Waals surface area contributed by atoms with Gasteiger partial charge in [0.15, 0.2) is 5.11 Å². The lowest BCUT2D eigenvalue weighted by molar-refractivity contribution is 0.0466. The van der Waals surface area contributed by atoms with Gasteiger partial charge in [-0.3, -0.25) is 0 Å². The molecular formula is C20H23ClFN3O2S. The third-order valence-electron chi connectivity index (χ3n) is 4.09. The lowest BCUT2D eigenvalue weighted by atomic mass is 10.2. The minimum Gasteiger partial charge on any atom is -0.461 e. The Kier molecular flexibility index (Phi) is 8.63. The number of esters is 1. The molecule has 8 heteroatoms. The quantitative estimate of drug-likeness (QED) is 0.470. The summed E-state index contributed by atoms with van der Waals surface area (Å²) >= 11 is 11.0. The average molecular weight is 424 g/mol. The fourth-order valence-electron chi connectivity index (χ4n) is 2.45. The van der Waals surface area contributed by atoms with Crippen LogP contribution in [-0.2, 0) is 4.74 Å². The second-order valence-corrected chi connectivity index (χ2v) is 6.76. The third kappa shape index (κ3) is 6.74. The Morgan fingerprint density at radius 1 is 1.11 bits per heavy atom. The summed E-state index contributed by atoms with van der Waals surface area (Å²) in [7, 11) is 0. The Bertz CT molecular complexity index is 814. The second-order valence-electron chi connectivity index (χ2n) is 5.95. The fourth-order valence-corrected chi connectivity index (χ4v) is 2.86. The van der Waals surface area contributed by atoms with Crippen molar-refractivity contribution in [3.05, 3.63) is 58.9 Å². The summed E-state index contributed by atoms with van der Waals surface area (Å²) in [4.78, 5) is 14.3. The summed E-state index contributed by atoms with van der Waals surface area (Å²) in [6.07, 6.45) is 0. The molecule has 2 rings (SSSR count). The van der Waals surface area contributed by atoms with Crippen LogP contribution in [0.2, 0.25) is 5.02 Å². The highest BCUT2D eigenvalue weighted by Gasteiger charge is 2.09. The Morgan fingerprint density at radius 2 is 1.71 bits per heavy atom. The van der Waals surface area contributed by atoms with Crippen molar-refractivity contribution in [1.29, 1.82) is 0 Å². The molecule has 0 fully saturated rings. The van der Waals surface area contributed by atoms with Gasteiger partial charge in [0.2, 0.25) is 0 Å². The normalized spacial score (nSPS) is 10.6. The summed E-state index contributed by atoms with van der Waals surface area (Å²) in [5.74, 6) is -0.856. The molecule has 0 heterocycles. The van der Waals surface area contributed by atoms with Crippen molar-refractivity contribution in [3.8, 4) is 0 Å². The molecule has 0 unspecified atom stereocenters. The number of likely N-dealkylation sites (N-methyl/N-ethyl adjacent to an activating group) is 1. The number of thiocarbonyl (C=S) groups is 1.